The Bertz CT molecular complexity index is 1090. The van der Waals surface area contributed by atoms with Crippen LogP contribution < -0.4 is 0 Å². The fourth-order valence-electron chi connectivity index (χ4n) is 4.69. The van der Waals surface area contributed by atoms with Gasteiger partial charge in [-0.05, 0) is 58.3 Å². The number of piperidine rings is 1. The summed E-state index contributed by atoms with van der Waals surface area (Å²) in [6, 6.07) is 0. The van der Waals surface area contributed by atoms with Crippen LogP contribution in [0.5, 0.6) is 0 Å². The molecule has 9 nitrogen and oxygen atoms in total. The van der Waals surface area contributed by atoms with E-state index in [9.17, 15) is 4.79 Å². The second kappa shape index (κ2) is 8.52. The molecule has 9 heteroatoms. The molecule has 0 aromatic carbocycles. The molecule has 170 valence electrons. The van der Waals surface area contributed by atoms with Crippen molar-refractivity contribution >= 4 is 5.91 Å². The van der Waals surface area contributed by atoms with Crippen molar-refractivity contribution in [2.45, 2.75) is 65.8 Å². The summed E-state index contributed by atoms with van der Waals surface area (Å²) in [5.74, 6) is 3.54. The van der Waals surface area contributed by atoms with Gasteiger partial charge in [0, 0.05) is 43.6 Å². The van der Waals surface area contributed by atoms with Crippen molar-refractivity contribution in [2.24, 2.45) is 11.8 Å². The average molecular weight is 439 g/mol. The van der Waals surface area contributed by atoms with Gasteiger partial charge in [-0.2, -0.15) is 0 Å². The van der Waals surface area contributed by atoms with E-state index >= 15 is 0 Å². The fourth-order valence-corrected chi connectivity index (χ4v) is 4.69. The molecule has 4 heterocycles. The van der Waals surface area contributed by atoms with Gasteiger partial charge in [-0.15, -0.1) is 10.2 Å². The van der Waals surface area contributed by atoms with Crippen LogP contribution in [0.2, 0.25) is 0 Å². The smallest absolute Gasteiger partial charge is 0.276 e. The highest BCUT2D eigenvalue weighted by Crippen LogP contribution is 2.31. The van der Waals surface area contributed by atoms with Crippen molar-refractivity contribution < 1.29 is 13.8 Å². The van der Waals surface area contributed by atoms with Crippen molar-refractivity contribution in [3.05, 3.63) is 46.2 Å². The molecule has 0 radical (unpaired) electrons. The number of rotatable bonds is 7. The molecule has 1 amide bonds. The van der Waals surface area contributed by atoms with Gasteiger partial charge in [0.25, 0.3) is 5.91 Å². The molecule has 5 rings (SSSR count). The van der Waals surface area contributed by atoms with Crippen LogP contribution in [0, 0.1) is 32.6 Å². The van der Waals surface area contributed by atoms with Gasteiger partial charge in [-0.3, -0.25) is 4.79 Å². The van der Waals surface area contributed by atoms with Crippen LogP contribution in [0.1, 0.15) is 70.3 Å². The number of carbonyl (C=O) groups excluding carboxylic acids is 1. The lowest BCUT2D eigenvalue weighted by Gasteiger charge is -2.32. The highest BCUT2D eigenvalue weighted by Gasteiger charge is 2.31. The van der Waals surface area contributed by atoms with Crippen molar-refractivity contribution in [1.82, 2.24) is 30.0 Å². The first kappa shape index (κ1) is 20.9. The molecule has 32 heavy (non-hydrogen) atoms. The van der Waals surface area contributed by atoms with E-state index < -0.39 is 0 Å². The van der Waals surface area contributed by atoms with Crippen LogP contribution in [-0.4, -0.2) is 49.0 Å². The number of aryl methyl sites for hydroxylation is 3. The van der Waals surface area contributed by atoms with Crippen LogP contribution in [0.4, 0.5) is 0 Å². The van der Waals surface area contributed by atoms with Crippen molar-refractivity contribution in [3.8, 4) is 0 Å². The zero-order valence-electron chi connectivity index (χ0n) is 19.0. The molecular formula is C23H30N6O3. The molecule has 1 saturated carbocycles. The quantitative estimate of drug-likeness (QED) is 0.558. The van der Waals surface area contributed by atoms with Crippen LogP contribution in [0.3, 0.4) is 0 Å². The molecule has 0 N–H and O–H groups in total. The lowest BCUT2D eigenvalue weighted by Crippen LogP contribution is -2.41. The van der Waals surface area contributed by atoms with E-state index in [4.69, 9.17) is 9.05 Å². The first-order valence-corrected chi connectivity index (χ1v) is 11.5. The van der Waals surface area contributed by atoms with Gasteiger partial charge in [0.2, 0.25) is 0 Å². The maximum Gasteiger partial charge on any atom is 0.276 e. The van der Waals surface area contributed by atoms with E-state index in [-0.39, 0.29) is 5.91 Å². The number of aromatic nitrogens is 5. The predicted molar refractivity (Wildman–Crippen MR) is 115 cm³/mol. The molecule has 0 spiro atoms. The first-order valence-electron chi connectivity index (χ1n) is 11.5. The van der Waals surface area contributed by atoms with E-state index in [0.717, 1.165) is 66.7 Å². The van der Waals surface area contributed by atoms with Gasteiger partial charge in [0.15, 0.2) is 5.69 Å². The lowest BCUT2D eigenvalue weighted by atomic mass is 9.93. The second-order valence-electron chi connectivity index (χ2n) is 9.35. The third kappa shape index (κ3) is 4.20. The topological polar surface area (TPSA) is 103 Å². The SMILES string of the molecule is Cc1noc(C)c1Cc1c(C(=O)N2CCC[C@H](Cc3nncn3CC3CC3)C2)noc1C. The first-order chi connectivity index (χ1) is 15.5. The molecule has 1 saturated heterocycles. The van der Waals surface area contributed by atoms with E-state index in [0.29, 0.717) is 30.3 Å². The van der Waals surface area contributed by atoms with Gasteiger partial charge in [0.05, 0.1) is 5.69 Å². The summed E-state index contributed by atoms with van der Waals surface area (Å²) >= 11 is 0. The summed E-state index contributed by atoms with van der Waals surface area (Å²) in [6.07, 6.45) is 7.89. The van der Waals surface area contributed by atoms with Crippen LogP contribution in [0.25, 0.3) is 0 Å². The Balaban J connectivity index is 1.29. The summed E-state index contributed by atoms with van der Waals surface area (Å²) in [6.45, 7) is 8.10. The second-order valence-corrected chi connectivity index (χ2v) is 9.35. The maximum absolute atomic E-state index is 13.4. The molecule has 3 aromatic rings. The Morgan fingerprint density at radius 3 is 2.59 bits per heavy atom. The number of nitrogens with zero attached hydrogens (tertiary/aromatic N) is 6. The summed E-state index contributed by atoms with van der Waals surface area (Å²) in [7, 11) is 0. The van der Waals surface area contributed by atoms with Crippen LogP contribution >= 0.6 is 0 Å². The molecule has 2 aliphatic rings. The highest BCUT2D eigenvalue weighted by atomic mass is 16.5. The summed E-state index contributed by atoms with van der Waals surface area (Å²) in [5.41, 5.74) is 3.03. The normalized spacial score (nSPS) is 19.0. The van der Waals surface area contributed by atoms with E-state index in [1.54, 1.807) is 0 Å². The Morgan fingerprint density at radius 1 is 1.06 bits per heavy atom. The third-order valence-electron chi connectivity index (χ3n) is 6.85. The largest absolute Gasteiger partial charge is 0.361 e. The van der Waals surface area contributed by atoms with E-state index in [1.165, 1.54) is 12.8 Å². The van der Waals surface area contributed by atoms with Crippen LogP contribution in [0.15, 0.2) is 15.4 Å². The number of hydrogen-bond acceptors (Lipinski definition) is 7. The summed E-state index contributed by atoms with van der Waals surface area (Å²) in [4.78, 5) is 15.4. The van der Waals surface area contributed by atoms with Gasteiger partial charge in [0.1, 0.15) is 23.7 Å². The minimum absolute atomic E-state index is 0.0623. The summed E-state index contributed by atoms with van der Waals surface area (Å²) < 4.78 is 12.9. The van der Waals surface area contributed by atoms with E-state index in [1.807, 2.05) is 32.0 Å². The van der Waals surface area contributed by atoms with E-state index in [2.05, 4.69) is 25.1 Å². The average Bonchev–Trinajstić information content (AvgIpc) is 3.26. The maximum atomic E-state index is 13.4. The zero-order chi connectivity index (χ0) is 22.2. The van der Waals surface area contributed by atoms with Crippen molar-refractivity contribution in [3.63, 3.8) is 0 Å². The van der Waals surface area contributed by atoms with Gasteiger partial charge in [-0.25, -0.2) is 0 Å². The summed E-state index contributed by atoms with van der Waals surface area (Å²) in [5, 5.41) is 16.7. The molecular weight excluding hydrogens is 408 g/mol. The molecule has 1 atom stereocenters. The van der Waals surface area contributed by atoms with Gasteiger partial charge < -0.3 is 18.5 Å². The number of hydrogen-bond donors (Lipinski definition) is 0. The Morgan fingerprint density at radius 2 is 1.84 bits per heavy atom. The number of amides is 1. The van der Waals surface area contributed by atoms with Crippen molar-refractivity contribution in [2.75, 3.05) is 13.1 Å². The minimum Gasteiger partial charge on any atom is -0.361 e. The molecule has 0 bridgehead atoms. The van der Waals surface area contributed by atoms with Gasteiger partial charge >= 0.3 is 0 Å². The lowest BCUT2D eigenvalue weighted by molar-refractivity contribution is 0.0660. The van der Waals surface area contributed by atoms with Crippen molar-refractivity contribution in [1.29, 1.82) is 0 Å². The molecule has 2 fully saturated rings. The standard InChI is InChI=1S/C23H30N6O3/c1-14-19(15(2)31-26-14)10-20-16(3)32-27-22(20)23(30)28-8-4-5-18(12-28)9-21-25-24-13-29(21)11-17-6-7-17/h13,17-18H,4-12H2,1-3H3/t18-/m1/s1. The zero-order valence-corrected chi connectivity index (χ0v) is 19.0. The van der Waals surface area contributed by atoms with Gasteiger partial charge in [-0.1, -0.05) is 10.3 Å². The molecule has 1 aliphatic heterocycles. The Kier molecular flexibility index (Phi) is 5.57. The third-order valence-corrected chi connectivity index (χ3v) is 6.85. The Hall–Kier alpha value is -2.97. The number of likely N-dealkylation sites (tertiary alicyclic amines) is 1. The predicted octanol–water partition coefficient (Wildman–Crippen LogP) is 3.28. The monoisotopic (exact) mass is 438 g/mol. The Labute approximate surface area is 187 Å². The highest BCUT2D eigenvalue weighted by molar-refractivity contribution is 5.94. The molecule has 1 aliphatic carbocycles. The number of carbonyl (C=O) groups is 1. The van der Waals surface area contributed by atoms with Crippen LogP contribution in [-0.2, 0) is 19.4 Å². The minimum atomic E-state index is -0.0623. The fraction of sp³-hybridized carbons (Fsp3) is 0.609. The molecule has 0 unspecified atom stereocenters. The molecule has 3 aromatic heterocycles.